The van der Waals surface area contributed by atoms with E-state index in [1.54, 1.807) is 11.0 Å². The Kier molecular flexibility index (Phi) is 3.75. The molecule has 0 aromatic carbocycles. The van der Waals surface area contributed by atoms with E-state index in [2.05, 4.69) is 15.4 Å². The number of amides is 2. The predicted molar refractivity (Wildman–Crippen MR) is 60.7 cm³/mol. The van der Waals surface area contributed by atoms with E-state index in [1.807, 2.05) is 0 Å². The molecule has 1 aliphatic rings. The van der Waals surface area contributed by atoms with Crippen LogP contribution in [0.1, 0.15) is 6.42 Å². The molecule has 2 rings (SSSR count). The van der Waals surface area contributed by atoms with Crippen LogP contribution in [-0.4, -0.2) is 56.4 Å². The number of aromatic nitrogens is 3. The third-order valence-electron chi connectivity index (χ3n) is 2.91. The lowest BCUT2D eigenvalue weighted by molar-refractivity contribution is -0.141. The summed E-state index contributed by atoms with van der Waals surface area (Å²) in [6.07, 6.45) is 3.52. The first-order chi connectivity index (χ1) is 8.66. The van der Waals surface area contributed by atoms with Crippen LogP contribution in [-0.2, 0) is 11.3 Å². The van der Waals surface area contributed by atoms with Gasteiger partial charge < -0.3 is 15.3 Å². The lowest BCUT2D eigenvalue weighted by atomic mass is 10.1. The summed E-state index contributed by atoms with van der Waals surface area (Å²) < 4.78 is 1.62. The van der Waals surface area contributed by atoms with Gasteiger partial charge in [0, 0.05) is 19.6 Å². The zero-order valence-corrected chi connectivity index (χ0v) is 9.82. The normalized spacial score (nSPS) is 18.9. The molecule has 0 aliphatic carbocycles. The minimum Gasteiger partial charge on any atom is -0.481 e. The third-order valence-corrected chi connectivity index (χ3v) is 2.91. The van der Waals surface area contributed by atoms with E-state index in [9.17, 15) is 9.59 Å². The molecule has 1 aliphatic heterocycles. The maximum Gasteiger partial charge on any atom is 0.317 e. The fourth-order valence-corrected chi connectivity index (χ4v) is 1.88. The van der Waals surface area contributed by atoms with Gasteiger partial charge in [-0.25, -0.2) is 9.78 Å². The molecule has 0 radical (unpaired) electrons. The Hall–Kier alpha value is -2.12. The van der Waals surface area contributed by atoms with Crippen molar-refractivity contribution < 1.29 is 14.7 Å². The van der Waals surface area contributed by atoms with Crippen LogP contribution in [0.5, 0.6) is 0 Å². The molecule has 18 heavy (non-hydrogen) atoms. The number of urea groups is 1. The summed E-state index contributed by atoms with van der Waals surface area (Å²) in [7, 11) is 0. The number of rotatable bonds is 4. The number of hydrogen-bond acceptors (Lipinski definition) is 4. The molecule has 8 heteroatoms. The molecule has 8 nitrogen and oxygen atoms in total. The van der Waals surface area contributed by atoms with Crippen molar-refractivity contribution >= 4 is 12.0 Å². The topological polar surface area (TPSA) is 100 Å². The van der Waals surface area contributed by atoms with E-state index in [1.165, 1.54) is 11.2 Å². The molecule has 1 atom stereocenters. The molecule has 0 bridgehead atoms. The number of likely N-dealkylation sites (tertiary alicyclic amines) is 1. The molecule has 2 amide bonds. The molecule has 1 aromatic rings. The second-order valence-electron chi connectivity index (χ2n) is 4.16. The Morgan fingerprint density at radius 1 is 1.50 bits per heavy atom. The first-order valence-electron chi connectivity index (χ1n) is 5.75. The monoisotopic (exact) mass is 253 g/mol. The number of hydrogen-bond donors (Lipinski definition) is 2. The Labute approximate surface area is 104 Å². The molecule has 1 fully saturated rings. The highest BCUT2D eigenvalue weighted by molar-refractivity contribution is 5.77. The van der Waals surface area contributed by atoms with E-state index >= 15 is 0 Å². The van der Waals surface area contributed by atoms with Gasteiger partial charge in [0.25, 0.3) is 0 Å². The molecule has 1 saturated heterocycles. The summed E-state index contributed by atoms with van der Waals surface area (Å²) >= 11 is 0. The average molecular weight is 253 g/mol. The summed E-state index contributed by atoms with van der Waals surface area (Å²) in [5, 5.41) is 15.5. The number of aliphatic carboxylic acids is 1. The van der Waals surface area contributed by atoms with Gasteiger partial charge in [-0.15, -0.1) is 0 Å². The standard InChI is InChI=1S/C10H15N5O3/c16-9(17)8-1-3-14(5-8)10(18)12-2-4-15-7-11-6-13-15/h6-8H,1-5H2,(H,12,18)(H,16,17). The van der Waals surface area contributed by atoms with Crippen molar-refractivity contribution in [2.45, 2.75) is 13.0 Å². The van der Waals surface area contributed by atoms with Gasteiger partial charge in [-0.2, -0.15) is 5.10 Å². The van der Waals surface area contributed by atoms with Crippen LogP contribution >= 0.6 is 0 Å². The van der Waals surface area contributed by atoms with Crippen LogP contribution in [0.3, 0.4) is 0 Å². The van der Waals surface area contributed by atoms with Crippen molar-refractivity contribution in [1.29, 1.82) is 0 Å². The van der Waals surface area contributed by atoms with Crippen LogP contribution in [0.15, 0.2) is 12.7 Å². The van der Waals surface area contributed by atoms with Gasteiger partial charge in [-0.1, -0.05) is 0 Å². The molecule has 2 N–H and O–H groups in total. The third kappa shape index (κ3) is 2.96. The number of carbonyl (C=O) groups is 2. The van der Waals surface area contributed by atoms with Crippen LogP contribution in [0.2, 0.25) is 0 Å². The average Bonchev–Trinajstić information content (AvgIpc) is 2.99. The van der Waals surface area contributed by atoms with Crippen LogP contribution in [0, 0.1) is 5.92 Å². The predicted octanol–water partition coefficient (Wildman–Crippen LogP) is -0.606. The minimum atomic E-state index is -0.840. The smallest absolute Gasteiger partial charge is 0.317 e. The fraction of sp³-hybridized carbons (Fsp3) is 0.600. The summed E-state index contributed by atoms with van der Waals surface area (Å²) in [5.41, 5.74) is 0. The van der Waals surface area contributed by atoms with Gasteiger partial charge in [0.15, 0.2) is 0 Å². The number of carboxylic acids is 1. The fourth-order valence-electron chi connectivity index (χ4n) is 1.88. The number of carbonyl (C=O) groups excluding carboxylic acids is 1. The highest BCUT2D eigenvalue weighted by atomic mass is 16.4. The number of carboxylic acid groups (broad SMARTS) is 1. The lowest BCUT2D eigenvalue weighted by Crippen LogP contribution is -2.40. The van der Waals surface area contributed by atoms with Gasteiger partial charge in [0.05, 0.1) is 12.5 Å². The molecule has 0 saturated carbocycles. The second-order valence-corrected chi connectivity index (χ2v) is 4.16. The summed E-state index contributed by atoms with van der Waals surface area (Å²) in [4.78, 5) is 27.8. The highest BCUT2D eigenvalue weighted by Gasteiger charge is 2.30. The van der Waals surface area contributed by atoms with E-state index in [-0.39, 0.29) is 12.6 Å². The Morgan fingerprint density at radius 2 is 2.33 bits per heavy atom. The molecule has 98 valence electrons. The molecule has 1 unspecified atom stereocenters. The van der Waals surface area contributed by atoms with Crippen LogP contribution in [0.25, 0.3) is 0 Å². The first kappa shape index (κ1) is 12.3. The molecular formula is C10H15N5O3. The van der Waals surface area contributed by atoms with Crippen molar-refractivity contribution in [3.63, 3.8) is 0 Å². The number of nitrogens with zero attached hydrogens (tertiary/aromatic N) is 4. The van der Waals surface area contributed by atoms with Crippen molar-refractivity contribution in [1.82, 2.24) is 25.0 Å². The Balaban J connectivity index is 1.71. The van der Waals surface area contributed by atoms with Crippen molar-refractivity contribution in [3.05, 3.63) is 12.7 Å². The van der Waals surface area contributed by atoms with Gasteiger partial charge in [0.2, 0.25) is 0 Å². The van der Waals surface area contributed by atoms with Gasteiger partial charge in [0.1, 0.15) is 12.7 Å². The maximum atomic E-state index is 11.7. The lowest BCUT2D eigenvalue weighted by Gasteiger charge is -2.16. The SMILES string of the molecule is O=C(O)C1CCN(C(=O)NCCn2cncn2)C1. The van der Waals surface area contributed by atoms with Crippen LogP contribution < -0.4 is 5.32 Å². The van der Waals surface area contributed by atoms with E-state index in [0.717, 1.165) is 0 Å². The van der Waals surface area contributed by atoms with Crippen molar-refractivity contribution in [2.24, 2.45) is 5.92 Å². The largest absolute Gasteiger partial charge is 0.481 e. The first-order valence-corrected chi connectivity index (χ1v) is 5.75. The summed E-state index contributed by atoms with van der Waals surface area (Å²) in [5.74, 6) is -1.28. The van der Waals surface area contributed by atoms with Crippen molar-refractivity contribution in [2.75, 3.05) is 19.6 Å². The van der Waals surface area contributed by atoms with Crippen molar-refractivity contribution in [3.8, 4) is 0 Å². The van der Waals surface area contributed by atoms with Crippen LogP contribution in [0.4, 0.5) is 4.79 Å². The van der Waals surface area contributed by atoms with E-state index < -0.39 is 11.9 Å². The minimum absolute atomic E-state index is 0.223. The van der Waals surface area contributed by atoms with E-state index in [4.69, 9.17) is 5.11 Å². The highest BCUT2D eigenvalue weighted by Crippen LogP contribution is 2.15. The van der Waals surface area contributed by atoms with E-state index in [0.29, 0.717) is 26.1 Å². The summed E-state index contributed by atoms with van der Waals surface area (Å²) in [6.45, 7) is 1.76. The second kappa shape index (κ2) is 5.48. The quantitative estimate of drug-likeness (QED) is 0.745. The maximum absolute atomic E-state index is 11.7. The number of nitrogens with one attached hydrogen (secondary N) is 1. The zero-order chi connectivity index (χ0) is 13.0. The Bertz CT molecular complexity index is 419. The summed E-state index contributed by atoms with van der Waals surface area (Å²) in [6, 6.07) is -0.223. The van der Waals surface area contributed by atoms with Gasteiger partial charge >= 0.3 is 12.0 Å². The molecule has 1 aromatic heterocycles. The molecule has 0 spiro atoms. The zero-order valence-electron chi connectivity index (χ0n) is 9.82. The van der Waals surface area contributed by atoms with Gasteiger partial charge in [-0.05, 0) is 6.42 Å². The molecule has 2 heterocycles. The van der Waals surface area contributed by atoms with Gasteiger partial charge in [-0.3, -0.25) is 9.48 Å². The Morgan fingerprint density at radius 3 is 2.94 bits per heavy atom. The molecular weight excluding hydrogens is 238 g/mol.